The summed E-state index contributed by atoms with van der Waals surface area (Å²) in [6, 6.07) is 79.2. The van der Waals surface area contributed by atoms with E-state index in [-0.39, 0.29) is 60.9 Å². The van der Waals surface area contributed by atoms with Crippen LogP contribution in [-0.2, 0) is 77.9 Å². The monoisotopic (exact) mass is 2260 g/mol. The van der Waals surface area contributed by atoms with Crippen LogP contribution in [0.15, 0.2) is 235 Å². The van der Waals surface area contributed by atoms with Gasteiger partial charge in [0.15, 0.2) is 28.7 Å². The van der Waals surface area contributed by atoms with E-state index in [1.807, 2.05) is 131 Å². The number of nitriles is 3. The third kappa shape index (κ3) is 27.0. The van der Waals surface area contributed by atoms with E-state index < -0.39 is 45.2 Å². The van der Waals surface area contributed by atoms with Crippen LogP contribution in [0.2, 0.25) is 40.2 Å². The highest BCUT2D eigenvalue weighted by Gasteiger charge is 2.46. The standard InChI is InChI=1S/C30H27Cl2N3O.C29H27BrCl2N2O.C25H25Cl2N5O4S.C23H21Cl2N3O.C3H4Cl2O2.CH3F.CH4/c1-34-26-12-11-25(31)29(32)24(26)16-27(34)28(36)17-30(23-10-5-9-22(15-23)18-33)13-6-14-35(20-30)19-21-7-3-2-4-8-21;1-33-25-12-11-24(31)28(32)23(25)16-26(33)27(35)17-29(21-9-5-10-22(30)15-21)13-6-14-34(19-29)18-20-7-3-2-4-8-20;1-29-24(34)30-37(35,36)32-10-4-9-25(15-32,17-6-3-5-16(11-17)14-28)13-22(33)21-12-18-20(31(21)2)8-7-19(26)23(18)27;1-28-19-7-6-18(24)22(25)17(19)11-20(28)21(29)12-23(8-3-9-27-14-23)16-5-2-4-15(10-16)13-26;1-2(4)7-3(5)6;1-2;/h2-5,7-12,15-16H,6,13-14,17,19-20H2,1H3;2-5,7-12,15-16H,6,13-14,17-19H2,1H3;3,5-8,11-12H,4,9-10,13,15H2,1-2H3,(H2,29,30,34);2,4-7,10-11,27H,3,8-9,12,14H2,1H3;2H,1H3;1H3;1H4/i;;;;;1D;. The van der Waals surface area contributed by atoms with Crippen molar-refractivity contribution >= 4 is 220 Å². The van der Waals surface area contributed by atoms with Crippen LogP contribution >= 0.6 is 132 Å². The van der Waals surface area contributed by atoms with Gasteiger partial charge in [0, 0.05) is 188 Å². The van der Waals surface area contributed by atoms with Crippen molar-refractivity contribution in [2.24, 2.45) is 28.2 Å². The first kappa shape index (κ1) is 114. The van der Waals surface area contributed by atoms with Gasteiger partial charge in [0.2, 0.25) is 0 Å². The summed E-state index contributed by atoms with van der Waals surface area (Å²) in [6.45, 7) is 8.59. The van der Waals surface area contributed by atoms with E-state index in [0.717, 1.165) is 138 Å². The fraction of sp³-hybridized carbons (Fsp3) is 0.312. The van der Waals surface area contributed by atoms with E-state index in [1.54, 1.807) is 78.3 Å². The minimum atomic E-state index is -4.17. The Morgan fingerprint density at radius 1 is 0.463 bits per heavy atom. The summed E-state index contributed by atoms with van der Waals surface area (Å²) in [5, 5.41) is 40.7. The number of nitrogens with one attached hydrogen (secondary N) is 3. The van der Waals surface area contributed by atoms with Gasteiger partial charge in [0.25, 0.3) is 0 Å². The molecule has 4 saturated heterocycles. The second kappa shape index (κ2) is 51.2. The first-order chi connectivity index (χ1) is 70.3. The molecule has 4 fully saturated rings. The number of likely N-dealkylation sites (tertiary alicyclic amines) is 2. The number of fused-ring (bicyclic) bond motifs is 4. The van der Waals surface area contributed by atoms with Gasteiger partial charge in [-0.3, -0.25) is 33.4 Å². The number of rotatable bonds is 23. The number of carbonyl (C=O) groups is 6. The number of halogens is 12. The van der Waals surface area contributed by atoms with Crippen molar-refractivity contribution < 1.29 is 47.7 Å². The largest absolute Gasteiger partial charge is 0.434 e. The van der Waals surface area contributed by atoms with Crippen molar-refractivity contribution in [3.8, 4) is 18.2 Å². The maximum Gasteiger partial charge on any atom is 0.405 e. The number of urea groups is 1. The molecular formula is C112H111BrCl10FN13O9S. The van der Waals surface area contributed by atoms with Crippen LogP contribution in [0.4, 0.5) is 14.0 Å². The van der Waals surface area contributed by atoms with Gasteiger partial charge >= 0.3 is 21.7 Å². The molecule has 10 aromatic carbocycles. The number of Topliss-reactive ketones (excluding diaryl/α,β-unsaturated/α-hetero) is 4. The Hall–Kier alpha value is -10.7. The lowest BCUT2D eigenvalue weighted by atomic mass is 9.70. The molecule has 5 atom stereocenters. The van der Waals surface area contributed by atoms with Gasteiger partial charge in [0.1, 0.15) is 0 Å². The number of ether oxygens (including phenoxy) is 1. The topological polar surface area (TPSA) is 283 Å². The van der Waals surface area contributed by atoms with Crippen molar-refractivity contribution in [1.29, 1.82) is 15.8 Å². The predicted molar refractivity (Wildman–Crippen MR) is 595 cm³/mol. The molecule has 4 aliphatic rings. The molecule has 4 aliphatic heterocycles. The molecule has 768 valence electrons. The van der Waals surface area contributed by atoms with Gasteiger partial charge in [-0.15, -0.1) is 0 Å². The molecule has 0 bridgehead atoms. The van der Waals surface area contributed by atoms with E-state index >= 15 is 0 Å². The highest BCUT2D eigenvalue weighted by Crippen LogP contribution is 2.47. The molecule has 147 heavy (non-hydrogen) atoms. The van der Waals surface area contributed by atoms with Gasteiger partial charge in [-0.2, -0.15) is 28.5 Å². The smallest absolute Gasteiger partial charge is 0.405 e. The van der Waals surface area contributed by atoms with Crippen molar-refractivity contribution in [1.82, 2.24) is 47.7 Å². The Labute approximate surface area is 916 Å². The van der Waals surface area contributed by atoms with E-state index in [2.05, 4.69) is 132 Å². The van der Waals surface area contributed by atoms with Crippen LogP contribution in [0.5, 0.6) is 0 Å². The zero-order chi connectivity index (χ0) is 106. The maximum atomic E-state index is 13.9. The third-order valence-electron chi connectivity index (χ3n) is 27.7. The van der Waals surface area contributed by atoms with Crippen LogP contribution < -0.4 is 15.4 Å². The van der Waals surface area contributed by atoms with E-state index in [0.29, 0.717) is 129 Å². The Morgan fingerprint density at radius 2 is 0.782 bits per heavy atom. The highest BCUT2D eigenvalue weighted by atomic mass is 79.9. The lowest BCUT2D eigenvalue weighted by Crippen LogP contribution is -2.54. The van der Waals surface area contributed by atoms with E-state index in [4.69, 9.17) is 117 Å². The van der Waals surface area contributed by atoms with Crippen molar-refractivity contribution in [2.75, 3.05) is 66.6 Å². The number of aryl methyl sites for hydroxylation is 4. The number of piperidine rings is 4. The van der Waals surface area contributed by atoms with Gasteiger partial charge in [-0.1, -0.05) is 237 Å². The first-order valence-corrected chi connectivity index (χ1v) is 53.1. The van der Waals surface area contributed by atoms with Crippen LogP contribution in [0.25, 0.3) is 43.6 Å². The normalized spacial score (nSPS) is 18.1. The third-order valence-corrected chi connectivity index (χ3v) is 33.1. The lowest BCUT2D eigenvalue weighted by molar-refractivity contribution is 0.0843. The molecule has 2 amide bonds. The summed E-state index contributed by atoms with van der Waals surface area (Å²) in [5.41, 5.74) is 10.4. The fourth-order valence-electron chi connectivity index (χ4n) is 20.6. The number of nitrogens with zero attached hydrogens (tertiary/aromatic N) is 10. The molecule has 22 nitrogen and oxygen atoms in total. The summed E-state index contributed by atoms with van der Waals surface area (Å²) >= 11 is 64.0. The number of carbonyl (C=O) groups excluding carboxylic acids is 6. The second-order valence-corrected chi connectivity index (χ2v) is 43.7. The zero-order valence-electron chi connectivity index (χ0n) is 81.9. The molecule has 35 heteroatoms. The Balaban J connectivity index is 0.000000170. The molecule has 3 N–H and O–H groups in total. The van der Waals surface area contributed by atoms with Crippen LogP contribution in [0, 0.1) is 34.0 Å². The summed E-state index contributed by atoms with van der Waals surface area (Å²) in [6.07, 6.45) is 7.85. The van der Waals surface area contributed by atoms with Crippen molar-refractivity contribution in [3.05, 3.63) is 348 Å². The van der Waals surface area contributed by atoms with Gasteiger partial charge in [-0.05, 0) is 233 Å². The number of benzene rings is 10. The molecule has 4 aromatic heterocycles. The average Bonchev–Trinajstić information content (AvgIpc) is 1.73. The van der Waals surface area contributed by atoms with Crippen molar-refractivity contribution in [3.63, 3.8) is 0 Å². The number of hydrogen-bond donors (Lipinski definition) is 3. The Kier molecular flexibility index (Phi) is 39.6. The van der Waals surface area contributed by atoms with E-state index in [9.17, 15) is 57.4 Å². The average molecular weight is 2270 g/mol. The molecular weight excluding hydrogens is 2160 g/mol. The van der Waals surface area contributed by atoms with Gasteiger partial charge in [-0.25, -0.2) is 14.3 Å². The lowest BCUT2D eigenvalue weighted by Gasteiger charge is -2.43. The molecule has 0 saturated carbocycles. The van der Waals surface area contributed by atoms with Gasteiger partial charge in [0.05, 0.1) is 106 Å². The SMILES string of the molecule is C.CC(Cl)OC(=O)Cl.CNC(=O)NS(=O)(=O)N1CCCC(CC(=O)c2cc3c(Cl)c(Cl)ccc3n2C)(c2cccc(C#N)c2)C1.Cn1c(C(=O)CC2(c3cccc(Br)c3)CCCN(Cc3ccccc3)C2)cc2c(Cl)c(Cl)ccc21.Cn1c(C(=O)CC2(c3cccc(C#N)c3)CCCN(Cc3ccccc3)C2)cc2c(Cl)c(Cl)ccc21.Cn1c(C(=O)CC2(c3cccc(C#N)c3)CCCNC2)cc2c(Cl)c(Cl)ccc21.[2H]CF. The summed E-state index contributed by atoms with van der Waals surface area (Å²) in [7, 11) is 3.60. The molecule has 5 unspecified atom stereocenters. The summed E-state index contributed by atoms with van der Waals surface area (Å²) in [4.78, 5) is 81.5. The second-order valence-electron chi connectivity index (χ2n) is 37.0. The van der Waals surface area contributed by atoms with Gasteiger partial charge < -0.3 is 33.6 Å². The fourth-order valence-corrected chi connectivity index (χ4v) is 24.0. The maximum absolute atomic E-state index is 13.9. The molecule has 0 radical (unpaired) electrons. The van der Waals surface area contributed by atoms with Crippen LogP contribution in [0.1, 0.15) is 185 Å². The predicted octanol–water partition coefficient (Wildman–Crippen LogP) is 27.8. The molecule has 14 aromatic rings. The zero-order valence-corrected chi connectivity index (χ0v) is 90.8. The number of aromatic nitrogens is 4. The summed E-state index contributed by atoms with van der Waals surface area (Å²) < 4.78 is 57.3. The number of amides is 2. The number of alkyl halides is 2. The van der Waals surface area contributed by atoms with Crippen LogP contribution in [0.3, 0.4) is 0 Å². The number of ketones is 4. The molecule has 0 aliphatic carbocycles. The quantitative estimate of drug-likeness (QED) is 0.0305. The van der Waals surface area contributed by atoms with Crippen molar-refractivity contribution in [2.45, 2.75) is 132 Å². The minimum Gasteiger partial charge on any atom is -0.434 e. The molecule has 18 rings (SSSR count). The minimum absolute atomic E-state index is 0. The highest BCUT2D eigenvalue weighted by molar-refractivity contribution is 9.10. The first-order valence-electron chi connectivity index (χ1n) is 47.7. The van der Waals surface area contributed by atoms with E-state index in [1.165, 1.54) is 35.0 Å². The molecule has 0 spiro atoms. The Bertz CT molecular complexity index is 7500. The Morgan fingerprint density at radius 3 is 1.10 bits per heavy atom. The number of hydrogen-bond acceptors (Lipinski definition) is 15. The molecule has 8 heterocycles. The summed E-state index contributed by atoms with van der Waals surface area (Å²) in [5.74, 6) is 0.0240. The van der Waals surface area contributed by atoms with Crippen LogP contribution in [-0.4, -0.2) is 148 Å².